The Bertz CT molecular complexity index is 974. The normalized spacial score (nSPS) is 14.1. The molecule has 2 atom stereocenters. The Morgan fingerprint density at radius 3 is 2.06 bits per heavy atom. The number of aliphatic carboxylic acids is 1. The lowest BCUT2D eigenvalue weighted by atomic mass is 9.98. The lowest BCUT2D eigenvalue weighted by Gasteiger charge is -2.24. The minimum Gasteiger partial charge on any atom is -0.481 e. The van der Waals surface area contributed by atoms with Gasteiger partial charge in [-0.1, -0.05) is 75.7 Å². The third-order valence-electron chi connectivity index (χ3n) is 6.28. The predicted octanol–water partition coefficient (Wildman–Crippen LogP) is 4.70. The second-order valence-electron chi connectivity index (χ2n) is 9.18. The molecule has 0 fully saturated rings. The fourth-order valence-electron chi connectivity index (χ4n) is 4.52. The Balaban J connectivity index is 1.58. The number of hydrogen-bond acceptors (Lipinski definition) is 4. The van der Waals surface area contributed by atoms with Crippen LogP contribution in [0.3, 0.4) is 0 Å². The van der Waals surface area contributed by atoms with E-state index in [0.717, 1.165) is 28.7 Å². The molecule has 0 heterocycles. The van der Waals surface area contributed by atoms with Gasteiger partial charge in [0.15, 0.2) is 0 Å². The van der Waals surface area contributed by atoms with Crippen molar-refractivity contribution in [3.63, 3.8) is 0 Å². The maximum absolute atomic E-state index is 12.6. The number of carboxylic acid groups (broad SMARTS) is 1. The van der Waals surface area contributed by atoms with E-state index in [4.69, 9.17) is 9.84 Å². The summed E-state index contributed by atoms with van der Waals surface area (Å²) in [6.45, 7) is 5.98. The first-order chi connectivity index (χ1) is 16.3. The van der Waals surface area contributed by atoms with Crippen LogP contribution in [0.4, 0.5) is 4.79 Å². The van der Waals surface area contributed by atoms with Crippen LogP contribution in [0.1, 0.15) is 63.5 Å². The van der Waals surface area contributed by atoms with E-state index < -0.39 is 24.1 Å². The Hall–Kier alpha value is -3.35. The van der Waals surface area contributed by atoms with E-state index >= 15 is 0 Å². The summed E-state index contributed by atoms with van der Waals surface area (Å²) in [5.74, 6) is -1.27. The van der Waals surface area contributed by atoms with Crippen molar-refractivity contribution in [1.29, 1.82) is 0 Å². The summed E-state index contributed by atoms with van der Waals surface area (Å²) in [5.41, 5.74) is 4.59. The average Bonchev–Trinajstić information content (AvgIpc) is 3.10. The van der Waals surface area contributed by atoms with Crippen molar-refractivity contribution >= 4 is 18.0 Å². The van der Waals surface area contributed by atoms with Crippen molar-refractivity contribution in [2.45, 2.75) is 64.5 Å². The van der Waals surface area contributed by atoms with Gasteiger partial charge in [-0.25, -0.2) is 4.79 Å². The number of ether oxygens (including phenoxy) is 1. The molecule has 34 heavy (non-hydrogen) atoms. The van der Waals surface area contributed by atoms with Crippen molar-refractivity contribution in [3.8, 4) is 11.1 Å². The molecule has 7 heteroatoms. The number of carbonyl (C=O) groups is 3. The summed E-state index contributed by atoms with van der Waals surface area (Å²) in [7, 11) is 0. The first-order valence-electron chi connectivity index (χ1n) is 11.9. The van der Waals surface area contributed by atoms with E-state index in [-0.39, 0.29) is 37.2 Å². The highest BCUT2D eigenvalue weighted by atomic mass is 16.5. The van der Waals surface area contributed by atoms with E-state index in [2.05, 4.69) is 34.9 Å². The second-order valence-corrected chi connectivity index (χ2v) is 9.18. The molecule has 0 aromatic heterocycles. The first-order valence-corrected chi connectivity index (χ1v) is 11.9. The van der Waals surface area contributed by atoms with E-state index in [1.165, 1.54) is 0 Å². The number of carbonyl (C=O) groups excluding carboxylic acids is 2. The summed E-state index contributed by atoms with van der Waals surface area (Å²) in [5, 5.41) is 14.7. The third-order valence-corrected chi connectivity index (χ3v) is 6.28. The average molecular weight is 467 g/mol. The van der Waals surface area contributed by atoms with Gasteiger partial charge >= 0.3 is 12.1 Å². The molecule has 3 rings (SSSR count). The lowest BCUT2D eigenvalue weighted by Crippen LogP contribution is -2.45. The molecule has 0 unspecified atom stereocenters. The van der Waals surface area contributed by atoms with Crippen LogP contribution in [0.25, 0.3) is 11.1 Å². The van der Waals surface area contributed by atoms with Crippen LogP contribution in [0.15, 0.2) is 48.5 Å². The zero-order valence-corrected chi connectivity index (χ0v) is 20.0. The number of alkyl carbamates (subject to hydrolysis) is 1. The maximum atomic E-state index is 12.6. The number of benzene rings is 2. The van der Waals surface area contributed by atoms with Crippen LogP contribution in [0, 0.1) is 5.92 Å². The molecule has 7 nitrogen and oxygen atoms in total. The fraction of sp³-hybridized carbons (Fsp3) is 0.444. The Labute approximate surface area is 200 Å². The van der Waals surface area contributed by atoms with Gasteiger partial charge in [0.05, 0.1) is 6.42 Å². The van der Waals surface area contributed by atoms with Crippen LogP contribution in [0.5, 0.6) is 0 Å². The maximum Gasteiger partial charge on any atom is 0.407 e. The van der Waals surface area contributed by atoms with Crippen molar-refractivity contribution in [1.82, 2.24) is 10.6 Å². The highest BCUT2D eigenvalue weighted by molar-refractivity contribution is 5.80. The van der Waals surface area contributed by atoms with Gasteiger partial charge in [0.2, 0.25) is 5.91 Å². The highest BCUT2D eigenvalue weighted by Gasteiger charge is 2.29. The minimum atomic E-state index is -0.948. The largest absolute Gasteiger partial charge is 0.481 e. The molecule has 182 valence electrons. The lowest BCUT2D eigenvalue weighted by molar-refractivity contribution is -0.137. The number of amides is 2. The molecule has 0 saturated carbocycles. The molecule has 0 saturated heterocycles. The van der Waals surface area contributed by atoms with Gasteiger partial charge in [-0.15, -0.1) is 0 Å². The fourth-order valence-corrected chi connectivity index (χ4v) is 4.52. The predicted molar refractivity (Wildman–Crippen MR) is 131 cm³/mol. The molecular formula is C27H34N2O5. The molecule has 0 aliphatic heterocycles. The smallest absolute Gasteiger partial charge is 0.407 e. The molecule has 1 aliphatic carbocycles. The van der Waals surface area contributed by atoms with Crippen LogP contribution < -0.4 is 10.6 Å². The Morgan fingerprint density at radius 2 is 1.53 bits per heavy atom. The van der Waals surface area contributed by atoms with Crippen LogP contribution in [0.2, 0.25) is 0 Å². The molecule has 3 N–H and O–H groups in total. The Kier molecular flexibility index (Phi) is 8.68. The molecule has 2 aromatic rings. The number of hydrogen-bond donors (Lipinski definition) is 3. The summed E-state index contributed by atoms with van der Waals surface area (Å²) < 4.78 is 5.61. The summed E-state index contributed by atoms with van der Waals surface area (Å²) in [4.78, 5) is 36.3. The zero-order valence-electron chi connectivity index (χ0n) is 20.0. The Morgan fingerprint density at radius 1 is 0.941 bits per heavy atom. The summed E-state index contributed by atoms with van der Waals surface area (Å²) in [6.07, 6.45) is 0.727. The van der Waals surface area contributed by atoms with Gasteiger partial charge in [-0.05, 0) is 34.6 Å². The van der Waals surface area contributed by atoms with Crippen LogP contribution in [-0.2, 0) is 14.3 Å². The minimum absolute atomic E-state index is 0.00432. The molecule has 1 aliphatic rings. The van der Waals surface area contributed by atoms with Crippen molar-refractivity contribution in [3.05, 3.63) is 59.7 Å². The van der Waals surface area contributed by atoms with Crippen molar-refractivity contribution in [2.24, 2.45) is 5.92 Å². The van der Waals surface area contributed by atoms with E-state index in [9.17, 15) is 14.4 Å². The van der Waals surface area contributed by atoms with E-state index in [1.807, 2.05) is 45.0 Å². The monoisotopic (exact) mass is 466 g/mol. The summed E-state index contributed by atoms with van der Waals surface area (Å²) >= 11 is 0. The van der Waals surface area contributed by atoms with Gasteiger partial charge in [-0.2, -0.15) is 0 Å². The van der Waals surface area contributed by atoms with Gasteiger partial charge in [-0.3, -0.25) is 9.59 Å². The number of carboxylic acids is 1. The first kappa shape index (κ1) is 25.3. The summed E-state index contributed by atoms with van der Waals surface area (Å²) in [6, 6.07) is 15.4. The van der Waals surface area contributed by atoms with Crippen molar-refractivity contribution < 1.29 is 24.2 Å². The highest BCUT2D eigenvalue weighted by Crippen LogP contribution is 2.44. The van der Waals surface area contributed by atoms with Gasteiger partial charge in [0.1, 0.15) is 6.61 Å². The van der Waals surface area contributed by atoms with E-state index in [0.29, 0.717) is 6.42 Å². The van der Waals surface area contributed by atoms with Gasteiger partial charge in [0.25, 0.3) is 0 Å². The van der Waals surface area contributed by atoms with Gasteiger partial charge < -0.3 is 20.5 Å². The molecular weight excluding hydrogens is 432 g/mol. The standard InChI is InChI=1S/C27H34N2O5/c1-4-9-18(14-26(31)32)28-25(30)15-24(17(2)3)29-27(33)34-16-23-21-12-7-5-10-19(21)20-11-6-8-13-22(20)23/h5-8,10-13,17-18,23-24H,4,9,14-16H2,1-3H3,(H,28,30)(H,29,33)(H,31,32)/t18-,24+/m0/s1. The van der Waals surface area contributed by atoms with Gasteiger partial charge in [0, 0.05) is 24.4 Å². The topological polar surface area (TPSA) is 105 Å². The molecule has 0 spiro atoms. The number of nitrogens with one attached hydrogen (secondary N) is 2. The third kappa shape index (κ3) is 6.37. The molecule has 0 radical (unpaired) electrons. The molecule has 2 aromatic carbocycles. The molecule has 2 amide bonds. The number of fused-ring (bicyclic) bond motifs is 3. The van der Waals surface area contributed by atoms with Crippen molar-refractivity contribution in [2.75, 3.05) is 6.61 Å². The SMILES string of the molecule is CCC[C@@H](CC(=O)O)NC(=O)C[C@@H](NC(=O)OCC1c2ccccc2-c2ccccc21)C(C)C. The molecule has 0 bridgehead atoms. The quantitative estimate of drug-likeness (QED) is 0.445. The number of rotatable bonds is 11. The van der Waals surface area contributed by atoms with E-state index in [1.54, 1.807) is 0 Å². The second kappa shape index (κ2) is 11.7. The van der Waals surface area contributed by atoms with Crippen LogP contribution in [-0.4, -0.2) is 41.8 Å². The van der Waals surface area contributed by atoms with Crippen LogP contribution >= 0.6 is 0 Å². The zero-order chi connectivity index (χ0) is 24.7.